The number of rotatable bonds is 7. The molecular formula is C24H22F3N3O3S. The van der Waals surface area contributed by atoms with Gasteiger partial charge in [0.1, 0.15) is 0 Å². The lowest BCUT2D eigenvalue weighted by Gasteiger charge is -2.30. The molecule has 1 aliphatic carbocycles. The molecule has 3 aromatic rings. The second kappa shape index (κ2) is 9.09. The third kappa shape index (κ3) is 5.22. The van der Waals surface area contributed by atoms with Crippen molar-refractivity contribution < 1.29 is 26.4 Å². The quantitative estimate of drug-likeness (QED) is 0.491. The maximum atomic E-state index is 13.3. The van der Waals surface area contributed by atoms with E-state index in [4.69, 9.17) is 0 Å². The molecule has 2 aromatic carbocycles. The highest BCUT2D eigenvalue weighted by molar-refractivity contribution is 7.92. The van der Waals surface area contributed by atoms with Crippen LogP contribution in [0.1, 0.15) is 47.3 Å². The summed E-state index contributed by atoms with van der Waals surface area (Å²) in [7, 11) is -3.87. The SMILES string of the molecule is CC(c1cccc(C(F)(F)F)c1)N(C(=O)c1ccc(S(=O)(=O)Nc2ccncc2)cc1)C1CC1. The summed E-state index contributed by atoms with van der Waals surface area (Å²) in [5, 5.41) is 0. The minimum absolute atomic E-state index is 0.0234. The molecule has 10 heteroatoms. The molecule has 0 saturated heterocycles. The first kappa shape index (κ1) is 23.7. The van der Waals surface area contributed by atoms with Gasteiger partial charge >= 0.3 is 6.18 Å². The Morgan fingerprint density at radius 3 is 2.29 bits per heavy atom. The highest BCUT2D eigenvalue weighted by atomic mass is 32.2. The molecule has 0 bridgehead atoms. The number of halogens is 3. The molecular weight excluding hydrogens is 467 g/mol. The largest absolute Gasteiger partial charge is 0.416 e. The summed E-state index contributed by atoms with van der Waals surface area (Å²) in [6.45, 7) is 1.70. The number of hydrogen-bond acceptors (Lipinski definition) is 4. The van der Waals surface area contributed by atoms with E-state index in [9.17, 15) is 26.4 Å². The van der Waals surface area contributed by atoms with Gasteiger partial charge in [0, 0.05) is 24.0 Å². The van der Waals surface area contributed by atoms with E-state index >= 15 is 0 Å². The summed E-state index contributed by atoms with van der Waals surface area (Å²) in [4.78, 5) is 18.7. The minimum Gasteiger partial charge on any atom is -0.329 e. The first-order valence-corrected chi connectivity index (χ1v) is 12.1. The fourth-order valence-corrected chi connectivity index (χ4v) is 4.76. The van der Waals surface area contributed by atoms with Crippen molar-refractivity contribution in [3.05, 3.63) is 89.7 Å². The van der Waals surface area contributed by atoms with Gasteiger partial charge in [-0.15, -0.1) is 0 Å². The number of nitrogens with one attached hydrogen (secondary N) is 1. The molecule has 1 aromatic heterocycles. The summed E-state index contributed by atoms with van der Waals surface area (Å²) < 4.78 is 67.2. The van der Waals surface area contributed by atoms with E-state index in [2.05, 4.69) is 9.71 Å². The molecule has 1 atom stereocenters. The van der Waals surface area contributed by atoms with E-state index in [1.165, 1.54) is 54.9 Å². The van der Waals surface area contributed by atoms with Crippen molar-refractivity contribution in [2.24, 2.45) is 0 Å². The molecule has 1 fully saturated rings. The number of nitrogens with zero attached hydrogens (tertiary/aromatic N) is 2. The van der Waals surface area contributed by atoms with Gasteiger partial charge in [-0.3, -0.25) is 14.5 Å². The van der Waals surface area contributed by atoms with Gasteiger partial charge in [-0.1, -0.05) is 12.1 Å². The van der Waals surface area contributed by atoms with Gasteiger partial charge < -0.3 is 4.90 Å². The van der Waals surface area contributed by atoms with E-state index < -0.39 is 27.8 Å². The molecule has 0 aliphatic heterocycles. The van der Waals surface area contributed by atoms with Crippen LogP contribution in [-0.4, -0.2) is 30.3 Å². The summed E-state index contributed by atoms with van der Waals surface area (Å²) in [6.07, 6.45) is -0.0419. The number of amides is 1. The van der Waals surface area contributed by atoms with Crippen LogP contribution >= 0.6 is 0 Å². The van der Waals surface area contributed by atoms with Crippen molar-refractivity contribution in [1.29, 1.82) is 0 Å². The van der Waals surface area contributed by atoms with Crippen molar-refractivity contribution in [2.45, 2.75) is 42.9 Å². The maximum absolute atomic E-state index is 13.3. The van der Waals surface area contributed by atoms with Crippen molar-refractivity contribution >= 4 is 21.6 Å². The Hall–Kier alpha value is -3.40. The molecule has 4 rings (SSSR count). The molecule has 1 unspecified atom stereocenters. The number of pyridine rings is 1. The average molecular weight is 490 g/mol. The molecule has 1 aliphatic rings. The molecule has 0 spiro atoms. The lowest BCUT2D eigenvalue weighted by atomic mass is 10.0. The number of hydrogen-bond donors (Lipinski definition) is 1. The third-order valence-corrected chi connectivity index (χ3v) is 7.03. The number of sulfonamides is 1. The van der Waals surface area contributed by atoms with Crippen LogP contribution in [0.4, 0.5) is 18.9 Å². The fraction of sp³-hybridized carbons (Fsp3) is 0.250. The first-order valence-electron chi connectivity index (χ1n) is 10.6. The number of carbonyl (C=O) groups excluding carboxylic acids is 1. The van der Waals surface area contributed by atoms with Gasteiger partial charge in [-0.2, -0.15) is 13.2 Å². The Balaban J connectivity index is 1.56. The Labute approximate surface area is 195 Å². The van der Waals surface area contributed by atoms with Gasteiger partial charge in [-0.05, 0) is 73.9 Å². The highest BCUT2D eigenvalue weighted by Crippen LogP contribution is 2.37. The Morgan fingerprint density at radius 1 is 1.06 bits per heavy atom. The minimum atomic E-state index is -4.48. The normalized spacial score (nSPS) is 14.9. The summed E-state index contributed by atoms with van der Waals surface area (Å²) in [5.41, 5.74) is 0.227. The lowest BCUT2D eigenvalue weighted by Crippen LogP contribution is -2.35. The number of carbonyl (C=O) groups is 1. The van der Waals surface area contributed by atoms with Crippen LogP contribution < -0.4 is 4.72 Å². The summed E-state index contributed by atoms with van der Waals surface area (Å²) in [5.74, 6) is -0.363. The zero-order chi connectivity index (χ0) is 24.5. The van der Waals surface area contributed by atoms with Crippen LogP contribution in [0.15, 0.2) is 78.0 Å². The highest BCUT2D eigenvalue weighted by Gasteiger charge is 2.38. The zero-order valence-electron chi connectivity index (χ0n) is 18.2. The van der Waals surface area contributed by atoms with Crippen LogP contribution in [0.5, 0.6) is 0 Å². The predicted molar refractivity (Wildman–Crippen MR) is 121 cm³/mol. The van der Waals surface area contributed by atoms with Crippen LogP contribution in [0.25, 0.3) is 0 Å². The predicted octanol–water partition coefficient (Wildman–Crippen LogP) is 5.27. The van der Waals surface area contributed by atoms with Crippen LogP contribution in [0.2, 0.25) is 0 Å². The molecule has 1 heterocycles. The molecule has 34 heavy (non-hydrogen) atoms. The molecule has 6 nitrogen and oxygen atoms in total. The van der Waals surface area contributed by atoms with Gasteiger partial charge in [0.15, 0.2) is 0 Å². The molecule has 0 radical (unpaired) electrons. The van der Waals surface area contributed by atoms with E-state index in [0.29, 0.717) is 11.3 Å². The first-order chi connectivity index (χ1) is 16.1. The smallest absolute Gasteiger partial charge is 0.329 e. The van der Waals surface area contributed by atoms with E-state index in [0.717, 1.165) is 25.0 Å². The van der Waals surface area contributed by atoms with Gasteiger partial charge in [0.05, 0.1) is 22.2 Å². The van der Waals surface area contributed by atoms with E-state index in [1.807, 2.05) is 0 Å². The number of alkyl halides is 3. The number of aromatic nitrogens is 1. The second-order valence-electron chi connectivity index (χ2n) is 8.11. The molecule has 1 amide bonds. The second-order valence-corrected chi connectivity index (χ2v) is 9.79. The Bertz CT molecular complexity index is 1280. The molecule has 178 valence electrons. The number of benzene rings is 2. The van der Waals surface area contributed by atoms with Gasteiger partial charge in [-0.25, -0.2) is 8.42 Å². The van der Waals surface area contributed by atoms with Crippen LogP contribution in [0, 0.1) is 0 Å². The lowest BCUT2D eigenvalue weighted by molar-refractivity contribution is -0.137. The van der Waals surface area contributed by atoms with Crippen molar-refractivity contribution in [3.8, 4) is 0 Å². The third-order valence-electron chi connectivity index (χ3n) is 5.63. The Kier molecular flexibility index (Phi) is 6.35. The maximum Gasteiger partial charge on any atom is 0.416 e. The Morgan fingerprint density at radius 2 is 1.71 bits per heavy atom. The van der Waals surface area contributed by atoms with Crippen LogP contribution in [-0.2, 0) is 16.2 Å². The topological polar surface area (TPSA) is 79.4 Å². The van der Waals surface area contributed by atoms with E-state index in [-0.39, 0.29) is 22.4 Å². The zero-order valence-corrected chi connectivity index (χ0v) is 19.0. The van der Waals surface area contributed by atoms with Gasteiger partial charge in [0.25, 0.3) is 15.9 Å². The van der Waals surface area contributed by atoms with E-state index in [1.54, 1.807) is 17.9 Å². The standard InChI is InChI=1S/C24H22F3N3O3S/c1-16(18-3-2-4-19(15-18)24(25,26)27)30(21-7-8-21)23(31)17-5-9-22(10-6-17)34(32,33)29-20-11-13-28-14-12-20/h2-6,9-16,21H,7-8H2,1H3,(H,28,29). The monoisotopic (exact) mass is 489 g/mol. The fourth-order valence-electron chi connectivity index (χ4n) is 3.71. The average Bonchev–Trinajstić information content (AvgIpc) is 3.64. The molecule has 1 N–H and O–H groups in total. The van der Waals surface area contributed by atoms with Crippen LogP contribution in [0.3, 0.4) is 0 Å². The summed E-state index contributed by atoms with van der Waals surface area (Å²) >= 11 is 0. The van der Waals surface area contributed by atoms with Crippen molar-refractivity contribution in [3.63, 3.8) is 0 Å². The van der Waals surface area contributed by atoms with Crippen molar-refractivity contribution in [1.82, 2.24) is 9.88 Å². The van der Waals surface area contributed by atoms with Gasteiger partial charge in [0.2, 0.25) is 0 Å². The summed E-state index contributed by atoms with van der Waals surface area (Å²) in [6, 6.07) is 12.8. The van der Waals surface area contributed by atoms with Crippen molar-refractivity contribution in [2.75, 3.05) is 4.72 Å². The number of anilines is 1. The molecule has 1 saturated carbocycles.